The number of alkyl halides is 12. The van der Waals surface area contributed by atoms with Crippen LogP contribution in [0.25, 0.3) is 0 Å². The Balaban J connectivity index is 0.000000200. The number of fused-ring (bicyclic) bond motifs is 2. The van der Waals surface area contributed by atoms with Gasteiger partial charge in [-0.1, -0.05) is 52.0 Å². The Morgan fingerprint density at radius 2 is 0.896 bits per heavy atom. The van der Waals surface area contributed by atoms with Gasteiger partial charge in [0.25, 0.3) is 0 Å². The van der Waals surface area contributed by atoms with Gasteiger partial charge in [0.2, 0.25) is 23.7 Å². The molecule has 2 saturated carbocycles. The summed E-state index contributed by atoms with van der Waals surface area (Å²) in [7, 11) is 0. The quantitative estimate of drug-likeness (QED) is 0.0691. The lowest BCUT2D eigenvalue weighted by Crippen LogP contribution is -2.36. The second kappa shape index (κ2) is 31.9. The third-order valence-electron chi connectivity index (χ3n) is 22.2. The number of rotatable bonds is 18. The van der Waals surface area contributed by atoms with Gasteiger partial charge in [-0.3, -0.25) is 9.97 Å². The number of benzene rings is 2. The molecule has 0 amide bonds. The van der Waals surface area contributed by atoms with E-state index in [0.717, 1.165) is 67.8 Å². The van der Waals surface area contributed by atoms with Gasteiger partial charge in [0.1, 0.15) is 13.2 Å². The molecule has 13 rings (SSSR count). The van der Waals surface area contributed by atoms with E-state index in [1.165, 1.54) is 12.4 Å². The number of aliphatic hydroxyl groups is 3. The van der Waals surface area contributed by atoms with Crippen molar-refractivity contribution in [2.24, 2.45) is 10.8 Å². The van der Waals surface area contributed by atoms with Crippen LogP contribution in [0.1, 0.15) is 277 Å². The van der Waals surface area contributed by atoms with Crippen molar-refractivity contribution in [1.29, 1.82) is 0 Å². The molecule has 7 atom stereocenters. The van der Waals surface area contributed by atoms with Gasteiger partial charge in [-0.15, -0.1) is 0 Å². The predicted octanol–water partition coefficient (Wildman–Crippen LogP) is 18.3. The van der Waals surface area contributed by atoms with Crippen LogP contribution in [0, 0.1) is 10.8 Å². The molecule has 5 unspecified atom stereocenters. The average molecular weight is 1500 g/mol. The van der Waals surface area contributed by atoms with Crippen LogP contribution in [0.3, 0.4) is 0 Å². The molecule has 15 nitrogen and oxygen atoms in total. The maximum absolute atomic E-state index is 17.3. The zero-order chi connectivity index (χ0) is 75.8. The van der Waals surface area contributed by atoms with Crippen molar-refractivity contribution in [3.8, 4) is 11.5 Å². The van der Waals surface area contributed by atoms with E-state index in [1.54, 1.807) is 19.3 Å². The van der Waals surface area contributed by atoms with Crippen molar-refractivity contribution < 1.29 is 87.0 Å². The van der Waals surface area contributed by atoms with Crippen LogP contribution in [0.5, 0.6) is 11.5 Å². The summed E-state index contributed by atoms with van der Waals surface area (Å²) in [6.45, 7) is 14.8. The predicted molar refractivity (Wildman–Crippen MR) is 373 cm³/mol. The molecule has 2 aromatic carbocycles. The molecule has 7 heterocycles. The molecule has 0 spiro atoms. The largest absolute Gasteiger partial charge is 0.488 e. The van der Waals surface area contributed by atoms with E-state index in [4.69, 9.17) is 28.9 Å². The second-order valence-electron chi connectivity index (χ2n) is 31.9. The Hall–Kier alpha value is -6.94. The van der Waals surface area contributed by atoms with E-state index < -0.39 is 77.8 Å². The van der Waals surface area contributed by atoms with E-state index in [-0.39, 0.29) is 115 Å². The molecule has 3 N–H and O–H groups in total. The van der Waals surface area contributed by atoms with Crippen LogP contribution < -0.4 is 19.3 Å². The van der Waals surface area contributed by atoms with E-state index in [9.17, 15) is 59.2 Å². The first-order valence-electron chi connectivity index (χ1n) is 37.3. The van der Waals surface area contributed by atoms with Gasteiger partial charge in [-0.2, -0.15) is 26.3 Å². The van der Waals surface area contributed by atoms with Crippen molar-refractivity contribution in [2.45, 2.75) is 254 Å². The molecule has 578 valence electrons. The molecule has 7 aliphatic rings. The molecule has 5 fully saturated rings. The lowest BCUT2D eigenvalue weighted by molar-refractivity contribution is -0.189. The highest BCUT2D eigenvalue weighted by Crippen LogP contribution is 2.56. The van der Waals surface area contributed by atoms with Gasteiger partial charge in [-0.25, -0.2) is 46.3 Å². The smallest absolute Gasteiger partial charge is 0.416 e. The zero-order valence-electron chi connectivity index (χ0n) is 60.8. The van der Waals surface area contributed by atoms with Crippen molar-refractivity contribution >= 4 is 11.9 Å². The van der Waals surface area contributed by atoms with Gasteiger partial charge in [0, 0.05) is 104 Å². The molecular formula is C79H96F12N8O7. The summed E-state index contributed by atoms with van der Waals surface area (Å²) in [4.78, 5) is 32.2. The van der Waals surface area contributed by atoms with E-state index in [1.807, 2.05) is 44.4 Å². The minimum Gasteiger partial charge on any atom is -0.488 e. The first kappa shape index (κ1) is 78.6. The fraction of sp³-hybridized carbons (Fsp3) is 0.620. The fourth-order valence-corrected chi connectivity index (χ4v) is 16.8. The van der Waals surface area contributed by atoms with Crippen LogP contribution in [0.4, 0.5) is 64.6 Å². The summed E-state index contributed by atoms with van der Waals surface area (Å²) in [5.41, 5.74) is 2.30. The number of anilines is 2. The number of pyridine rings is 2. The molecular weight excluding hydrogens is 1400 g/mol. The normalized spacial score (nSPS) is 23.5. The Bertz CT molecular complexity index is 3920. The summed E-state index contributed by atoms with van der Waals surface area (Å²) in [5.74, 6) is -5.20. The molecule has 27 heteroatoms. The van der Waals surface area contributed by atoms with Crippen LogP contribution >= 0.6 is 0 Å². The van der Waals surface area contributed by atoms with E-state index >= 15 is 8.78 Å². The highest BCUT2D eigenvalue weighted by atomic mass is 19.4. The van der Waals surface area contributed by atoms with Gasteiger partial charge in [-0.05, 0) is 179 Å². The third-order valence-corrected chi connectivity index (χ3v) is 22.2. The summed E-state index contributed by atoms with van der Waals surface area (Å²) < 4.78 is 196. The SMILES string of the molecule is C[C@@H](COc1cnc(N2CCC(c3nc4c(c(C5CCC(F)(F)CC5)c3C(F)c3ccc(C(F)(F)F)cc3)C(O)CC(C)(C)C4)CC2)nc1)OC1CCCCO1.C[C@H](O)COc1cnc(N2CCC(c3nc4c(c(C5CCC(F)(F)CC5)c3C(F)c3ccc(C(F)(F)F)cc3)C(O)CC(C)(C)C4)CC2)nc1. The summed E-state index contributed by atoms with van der Waals surface area (Å²) in [6.07, 6.45) is -3.84. The second-order valence-corrected chi connectivity index (χ2v) is 31.9. The van der Waals surface area contributed by atoms with Crippen molar-refractivity contribution in [2.75, 3.05) is 55.8 Å². The monoisotopic (exact) mass is 1500 g/mol. The number of hydrogen-bond donors (Lipinski definition) is 3. The summed E-state index contributed by atoms with van der Waals surface area (Å²) in [6, 6.07) is 7.97. The highest BCUT2D eigenvalue weighted by Gasteiger charge is 2.47. The molecule has 3 aliphatic heterocycles. The number of aromatic nitrogens is 6. The highest BCUT2D eigenvalue weighted by molar-refractivity contribution is 5.54. The van der Waals surface area contributed by atoms with Crippen molar-refractivity contribution in [1.82, 2.24) is 29.9 Å². The number of hydrogen-bond acceptors (Lipinski definition) is 15. The van der Waals surface area contributed by atoms with Crippen molar-refractivity contribution in [3.05, 3.63) is 152 Å². The Morgan fingerprint density at radius 3 is 1.25 bits per heavy atom. The fourth-order valence-electron chi connectivity index (χ4n) is 16.8. The number of nitrogens with zero attached hydrogens (tertiary/aromatic N) is 8. The van der Waals surface area contributed by atoms with Crippen molar-refractivity contribution in [3.63, 3.8) is 0 Å². The Labute approximate surface area is 610 Å². The first-order valence-corrected chi connectivity index (χ1v) is 37.3. The van der Waals surface area contributed by atoms with Crippen LogP contribution in [0.15, 0.2) is 73.3 Å². The van der Waals surface area contributed by atoms with Gasteiger partial charge in [0.05, 0.1) is 71.7 Å². The number of aliphatic hydroxyl groups excluding tert-OH is 3. The number of ether oxygens (including phenoxy) is 4. The minimum absolute atomic E-state index is 0.0118. The molecule has 106 heavy (non-hydrogen) atoms. The Morgan fingerprint density at radius 1 is 0.519 bits per heavy atom. The first-order chi connectivity index (χ1) is 50.1. The molecule has 4 aliphatic carbocycles. The molecule has 0 radical (unpaired) electrons. The molecule has 6 aromatic rings. The maximum atomic E-state index is 17.3. The number of halogens is 12. The van der Waals surface area contributed by atoms with Gasteiger partial charge in [0.15, 0.2) is 30.1 Å². The average Bonchev–Trinajstić information content (AvgIpc) is 0.736. The van der Waals surface area contributed by atoms with Crippen LogP contribution in [-0.4, -0.2) is 122 Å². The molecule has 0 bridgehead atoms. The van der Waals surface area contributed by atoms with Gasteiger partial charge >= 0.3 is 12.4 Å². The summed E-state index contributed by atoms with van der Waals surface area (Å²) >= 11 is 0. The number of piperidine rings is 2. The Kier molecular flexibility index (Phi) is 23.7. The van der Waals surface area contributed by atoms with Gasteiger partial charge < -0.3 is 44.1 Å². The third kappa shape index (κ3) is 18.7. The molecule has 3 saturated heterocycles. The van der Waals surface area contributed by atoms with Crippen LogP contribution in [-0.2, 0) is 34.7 Å². The molecule has 4 aromatic heterocycles. The van der Waals surface area contributed by atoms with Crippen LogP contribution in [0.2, 0.25) is 0 Å². The lowest BCUT2D eigenvalue weighted by Gasteiger charge is -2.41. The lowest BCUT2D eigenvalue weighted by atomic mass is 9.68. The zero-order valence-corrected chi connectivity index (χ0v) is 60.8. The standard InChI is InChI=1S/C42H52F6N4O4.C37H44F6N4O3/c1-25(56-33-6-4-5-19-54-33)24-55-30-22-49-39(50-23-30)52-17-13-28(14-18-52)38-36(37(43)27-7-9-29(10-8-27)42(46,47)48)34(26-11-15-41(44,45)16-12-26)35-31(51-38)20-40(2,3)21-32(35)53;1-21(48)20-50-26-18-44-34(45-19-26)47-14-10-24(11-15-47)33-31(32(38)23-4-6-25(7-5-23)37(41,42)43)29(22-8-12-36(39,40)13-9-22)30-27(46-33)16-35(2,3)17-28(30)49/h7-10,22-23,25-26,28,32-33,37,53H,4-6,11-21,24H2,1-3H3;4-7,18-19,21-22,24,28,32,48-49H,8-17,20H2,1-3H3/t25-,32?,33?,37?;21-,28?,32?/m00/s1. The topological polar surface area (TPSA) is 181 Å². The van der Waals surface area contributed by atoms with E-state index in [2.05, 4.69) is 19.9 Å². The maximum Gasteiger partial charge on any atom is 0.416 e. The van der Waals surface area contributed by atoms with E-state index in [0.29, 0.717) is 159 Å². The minimum atomic E-state index is -4.60. The summed E-state index contributed by atoms with van der Waals surface area (Å²) in [5, 5.41) is 32.7.